The van der Waals surface area contributed by atoms with E-state index in [1.165, 1.54) is 12.3 Å². The SMILES string of the molecule is Cc1cc(-c2nc3cc(C(=O)O)ncc3[nH]2)ccc1N. The summed E-state index contributed by atoms with van der Waals surface area (Å²) in [5.74, 6) is -0.410. The molecule has 1 aromatic carbocycles. The van der Waals surface area contributed by atoms with Crippen molar-refractivity contribution in [2.75, 3.05) is 5.73 Å². The van der Waals surface area contributed by atoms with Crippen LogP contribution in [0.4, 0.5) is 5.69 Å². The number of hydrogen-bond donors (Lipinski definition) is 3. The second-order valence-corrected chi connectivity index (χ2v) is 4.55. The number of aromatic nitrogens is 3. The molecule has 0 radical (unpaired) electrons. The van der Waals surface area contributed by atoms with Crippen molar-refractivity contribution in [3.05, 3.63) is 41.7 Å². The van der Waals surface area contributed by atoms with Gasteiger partial charge in [-0.25, -0.2) is 14.8 Å². The fraction of sp³-hybridized carbons (Fsp3) is 0.0714. The lowest BCUT2D eigenvalue weighted by atomic mass is 10.1. The van der Waals surface area contributed by atoms with Crippen LogP contribution in [0.1, 0.15) is 16.1 Å². The van der Waals surface area contributed by atoms with Crippen LogP contribution < -0.4 is 5.73 Å². The number of aromatic amines is 1. The van der Waals surface area contributed by atoms with Crippen molar-refractivity contribution >= 4 is 22.7 Å². The van der Waals surface area contributed by atoms with E-state index in [0.717, 1.165) is 16.8 Å². The molecule has 2 heterocycles. The molecule has 0 unspecified atom stereocenters. The van der Waals surface area contributed by atoms with E-state index < -0.39 is 5.97 Å². The first kappa shape index (κ1) is 12.2. The van der Waals surface area contributed by atoms with Gasteiger partial charge in [-0.1, -0.05) is 0 Å². The highest BCUT2D eigenvalue weighted by atomic mass is 16.4. The van der Waals surface area contributed by atoms with Crippen molar-refractivity contribution in [2.24, 2.45) is 0 Å². The Morgan fingerprint density at radius 3 is 2.85 bits per heavy atom. The molecule has 20 heavy (non-hydrogen) atoms. The van der Waals surface area contributed by atoms with Crippen LogP contribution in [0.3, 0.4) is 0 Å². The lowest BCUT2D eigenvalue weighted by Gasteiger charge is -2.01. The number of H-pyrrole nitrogens is 1. The number of rotatable bonds is 2. The van der Waals surface area contributed by atoms with E-state index in [4.69, 9.17) is 10.8 Å². The van der Waals surface area contributed by atoms with Crippen LogP contribution in [0.25, 0.3) is 22.4 Å². The maximum Gasteiger partial charge on any atom is 0.354 e. The number of carboxylic acids is 1. The van der Waals surface area contributed by atoms with Crippen LogP contribution in [-0.4, -0.2) is 26.0 Å². The van der Waals surface area contributed by atoms with Gasteiger partial charge < -0.3 is 15.8 Å². The van der Waals surface area contributed by atoms with Gasteiger partial charge in [-0.05, 0) is 36.8 Å². The Kier molecular flexibility index (Phi) is 2.64. The summed E-state index contributed by atoms with van der Waals surface area (Å²) in [4.78, 5) is 22.3. The highest BCUT2D eigenvalue weighted by Gasteiger charge is 2.10. The number of anilines is 1. The Morgan fingerprint density at radius 2 is 2.15 bits per heavy atom. The van der Waals surface area contributed by atoms with Crippen molar-refractivity contribution in [2.45, 2.75) is 6.92 Å². The van der Waals surface area contributed by atoms with Crippen molar-refractivity contribution in [3.8, 4) is 11.4 Å². The Hall–Kier alpha value is -2.89. The third-order valence-corrected chi connectivity index (χ3v) is 3.13. The number of pyridine rings is 1. The lowest BCUT2D eigenvalue weighted by molar-refractivity contribution is 0.0690. The van der Waals surface area contributed by atoms with Gasteiger partial charge in [0.1, 0.15) is 11.5 Å². The molecule has 0 atom stereocenters. The molecule has 3 aromatic rings. The molecule has 0 saturated carbocycles. The third-order valence-electron chi connectivity index (χ3n) is 3.13. The number of nitrogens with zero attached hydrogens (tertiary/aromatic N) is 2. The zero-order valence-electron chi connectivity index (χ0n) is 10.7. The number of imidazole rings is 1. The average Bonchev–Trinajstić information content (AvgIpc) is 2.84. The first-order valence-corrected chi connectivity index (χ1v) is 6.00. The minimum atomic E-state index is -1.07. The van der Waals surface area contributed by atoms with Crippen LogP contribution >= 0.6 is 0 Å². The van der Waals surface area contributed by atoms with Crippen molar-refractivity contribution in [1.29, 1.82) is 0 Å². The number of carboxylic acid groups (broad SMARTS) is 1. The topological polar surface area (TPSA) is 105 Å². The Balaban J connectivity index is 2.12. The van der Waals surface area contributed by atoms with Crippen LogP contribution in [0, 0.1) is 6.92 Å². The number of nitrogen functional groups attached to an aromatic ring is 1. The fourth-order valence-corrected chi connectivity index (χ4v) is 1.99. The quantitative estimate of drug-likeness (QED) is 0.618. The number of hydrogen-bond acceptors (Lipinski definition) is 4. The summed E-state index contributed by atoms with van der Waals surface area (Å²) in [6.07, 6.45) is 1.47. The van der Waals surface area contributed by atoms with Crippen LogP contribution in [0.5, 0.6) is 0 Å². The van der Waals surface area contributed by atoms with E-state index in [0.29, 0.717) is 16.9 Å². The van der Waals surface area contributed by atoms with Gasteiger partial charge in [0, 0.05) is 11.3 Å². The Morgan fingerprint density at radius 1 is 1.35 bits per heavy atom. The van der Waals surface area contributed by atoms with Gasteiger partial charge in [0.2, 0.25) is 0 Å². The first-order chi connectivity index (χ1) is 9.54. The minimum Gasteiger partial charge on any atom is -0.477 e. The van der Waals surface area contributed by atoms with Crippen LogP contribution in [0.15, 0.2) is 30.5 Å². The van der Waals surface area contributed by atoms with Crippen LogP contribution in [0.2, 0.25) is 0 Å². The Bertz CT molecular complexity index is 823. The average molecular weight is 268 g/mol. The molecule has 100 valence electrons. The molecular weight excluding hydrogens is 256 g/mol. The predicted molar refractivity (Wildman–Crippen MR) is 75.4 cm³/mol. The molecule has 0 fully saturated rings. The van der Waals surface area contributed by atoms with Crippen molar-refractivity contribution < 1.29 is 9.90 Å². The van der Waals surface area contributed by atoms with E-state index in [9.17, 15) is 4.79 Å². The molecule has 4 N–H and O–H groups in total. The van der Waals surface area contributed by atoms with Crippen molar-refractivity contribution in [3.63, 3.8) is 0 Å². The summed E-state index contributed by atoms with van der Waals surface area (Å²) in [6.45, 7) is 1.92. The summed E-state index contributed by atoms with van der Waals surface area (Å²) in [7, 11) is 0. The van der Waals surface area contributed by atoms with Gasteiger partial charge in [0.25, 0.3) is 0 Å². The molecule has 0 aliphatic heterocycles. The van der Waals surface area contributed by atoms with E-state index >= 15 is 0 Å². The second-order valence-electron chi connectivity index (χ2n) is 4.55. The minimum absolute atomic E-state index is 0.0240. The number of benzene rings is 1. The van der Waals surface area contributed by atoms with Crippen LogP contribution in [-0.2, 0) is 0 Å². The molecule has 0 amide bonds. The highest BCUT2D eigenvalue weighted by Crippen LogP contribution is 2.23. The summed E-state index contributed by atoms with van der Waals surface area (Å²) in [6, 6.07) is 7.06. The zero-order chi connectivity index (χ0) is 14.3. The second kappa shape index (κ2) is 4.34. The molecule has 6 nitrogen and oxygen atoms in total. The largest absolute Gasteiger partial charge is 0.477 e. The van der Waals surface area contributed by atoms with Crippen molar-refractivity contribution in [1.82, 2.24) is 15.0 Å². The lowest BCUT2D eigenvalue weighted by Crippen LogP contribution is -1.98. The number of nitrogens with one attached hydrogen (secondary N) is 1. The van der Waals surface area contributed by atoms with Gasteiger partial charge >= 0.3 is 5.97 Å². The fourth-order valence-electron chi connectivity index (χ4n) is 1.99. The molecule has 0 spiro atoms. The van der Waals surface area contributed by atoms with Gasteiger partial charge in [0.15, 0.2) is 0 Å². The number of aromatic carboxylic acids is 1. The van der Waals surface area contributed by atoms with E-state index in [2.05, 4.69) is 15.0 Å². The smallest absolute Gasteiger partial charge is 0.354 e. The molecule has 2 aromatic heterocycles. The summed E-state index contributed by atoms with van der Waals surface area (Å²) in [5.41, 5.74) is 9.61. The molecule has 0 aliphatic carbocycles. The summed E-state index contributed by atoms with van der Waals surface area (Å²) in [5, 5.41) is 8.92. The zero-order valence-corrected chi connectivity index (χ0v) is 10.7. The number of nitrogens with two attached hydrogens (primary N) is 1. The molecule has 6 heteroatoms. The molecule has 3 rings (SSSR count). The summed E-state index contributed by atoms with van der Waals surface area (Å²) >= 11 is 0. The van der Waals surface area contributed by atoms with E-state index in [-0.39, 0.29) is 5.69 Å². The molecule has 0 bridgehead atoms. The standard InChI is InChI=1S/C14H12N4O2/c1-7-4-8(2-3-9(7)15)13-17-10-5-11(14(19)20)16-6-12(10)18-13/h2-6H,15H2,1H3,(H,17,18)(H,19,20). The number of fused-ring (bicyclic) bond motifs is 1. The third kappa shape index (κ3) is 1.97. The molecule has 0 aliphatic rings. The Labute approximate surface area is 114 Å². The maximum atomic E-state index is 10.9. The molecule has 0 saturated heterocycles. The summed E-state index contributed by atoms with van der Waals surface area (Å²) < 4.78 is 0. The van der Waals surface area contributed by atoms with Gasteiger partial charge in [0.05, 0.1) is 17.2 Å². The van der Waals surface area contributed by atoms with Gasteiger partial charge in [-0.3, -0.25) is 0 Å². The predicted octanol–water partition coefficient (Wildman–Crippen LogP) is 2.21. The van der Waals surface area contributed by atoms with Gasteiger partial charge in [-0.15, -0.1) is 0 Å². The van der Waals surface area contributed by atoms with E-state index in [1.54, 1.807) is 0 Å². The normalized spacial score (nSPS) is 10.8. The monoisotopic (exact) mass is 268 g/mol. The van der Waals surface area contributed by atoms with Gasteiger partial charge in [-0.2, -0.15) is 0 Å². The van der Waals surface area contributed by atoms with E-state index in [1.807, 2.05) is 25.1 Å². The molecular formula is C14H12N4O2. The number of carbonyl (C=O) groups is 1. The first-order valence-electron chi connectivity index (χ1n) is 6.00. The highest BCUT2D eigenvalue weighted by molar-refractivity contribution is 5.90. The maximum absolute atomic E-state index is 10.9. The number of aryl methyl sites for hydroxylation is 1.